The van der Waals surface area contributed by atoms with Gasteiger partial charge in [-0.15, -0.1) is 0 Å². The van der Waals surface area contributed by atoms with Gasteiger partial charge in [-0.25, -0.2) is 18.0 Å². The highest BCUT2D eigenvalue weighted by Gasteiger charge is 2.26. The lowest BCUT2D eigenvalue weighted by Crippen LogP contribution is -2.12. The average molecular weight is 393 g/mol. The molecule has 0 fully saturated rings. The first-order valence-corrected chi connectivity index (χ1v) is 8.97. The quantitative estimate of drug-likeness (QED) is 0.349. The van der Waals surface area contributed by atoms with E-state index in [4.69, 9.17) is 10.00 Å². The molecule has 0 unspecified atom stereocenters. The van der Waals surface area contributed by atoms with Gasteiger partial charge in [0, 0.05) is 24.1 Å². The molecule has 0 atom stereocenters. The van der Waals surface area contributed by atoms with E-state index in [9.17, 15) is 13.6 Å². The van der Waals surface area contributed by atoms with E-state index in [0.29, 0.717) is 29.7 Å². The molecule has 6 heteroatoms. The number of ether oxygens (including phenoxy) is 1. The molecule has 0 aromatic heterocycles. The molecular formula is C23H14F3NO2. The van der Waals surface area contributed by atoms with Gasteiger partial charge in [-0.1, -0.05) is 31.2 Å². The van der Waals surface area contributed by atoms with Gasteiger partial charge in [0.1, 0.15) is 34.8 Å². The molecule has 0 radical (unpaired) electrons. The van der Waals surface area contributed by atoms with Gasteiger partial charge in [0.15, 0.2) is 0 Å². The number of nitriles is 1. The number of hydrogen-bond donors (Lipinski definition) is 0. The number of aryl methyl sites for hydroxylation is 1. The topological polar surface area (TPSA) is 50.1 Å². The number of carbonyl (C=O) groups excluding carboxylic acids is 1. The predicted octanol–water partition coefficient (Wildman–Crippen LogP) is 5.33. The maximum atomic E-state index is 15.1. The van der Waals surface area contributed by atoms with Crippen LogP contribution >= 0.6 is 0 Å². The van der Waals surface area contributed by atoms with E-state index in [1.807, 2.05) is 25.1 Å². The van der Waals surface area contributed by atoms with Crippen LogP contribution in [-0.4, -0.2) is 5.97 Å². The van der Waals surface area contributed by atoms with Crippen molar-refractivity contribution in [2.75, 3.05) is 0 Å². The normalized spacial score (nSPS) is 11.6. The Balaban J connectivity index is 1.65. The number of halogens is 3. The third-order valence-electron chi connectivity index (χ3n) is 5.04. The SMILES string of the molecule is CCc1ccc2c(c1)Cc1c-2ccc(C(=O)Oc2cc(F)c(C#N)c(F)c2)c1F. The highest BCUT2D eigenvalue weighted by molar-refractivity contribution is 5.93. The van der Waals surface area contributed by atoms with Crippen molar-refractivity contribution < 1.29 is 22.7 Å². The molecule has 3 nitrogen and oxygen atoms in total. The van der Waals surface area contributed by atoms with Crippen LogP contribution in [0.25, 0.3) is 11.1 Å². The molecule has 0 heterocycles. The zero-order valence-electron chi connectivity index (χ0n) is 15.4. The Morgan fingerprint density at radius 1 is 1.07 bits per heavy atom. The molecule has 3 aromatic rings. The molecule has 0 bridgehead atoms. The van der Waals surface area contributed by atoms with E-state index in [1.54, 1.807) is 6.07 Å². The summed E-state index contributed by atoms with van der Waals surface area (Å²) in [5.41, 5.74) is 3.05. The number of rotatable bonds is 3. The van der Waals surface area contributed by atoms with Gasteiger partial charge in [0.25, 0.3) is 0 Å². The summed E-state index contributed by atoms with van der Waals surface area (Å²) in [5, 5.41) is 8.70. The lowest BCUT2D eigenvalue weighted by atomic mass is 10.0. The fraction of sp³-hybridized carbons (Fsp3) is 0.130. The number of esters is 1. The van der Waals surface area contributed by atoms with Crippen molar-refractivity contribution in [2.45, 2.75) is 19.8 Å². The largest absolute Gasteiger partial charge is 0.423 e. The summed E-state index contributed by atoms with van der Waals surface area (Å²) >= 11 is 0. The van der Waals surface area contributed by atoms with Gasteiger partial charge in [0.05, 0.1) is 5.56 Å². The number of nitrogens with zero attached hydrogens (tertiary/aromatic N) is 1. The van der Waals surface area contributed by atoms with E-state index >= 15 is 4.39 Å². The summed E-state index contributed by atoms with van der Waals surface area (Å²) in [5.74, 6) is -4.55. The Hall–Kier alpha value is -3.59. The van der Waals surface area contributed by atoms with Crippen molar-refractivity contribution in [3.63, 3.8) is 0 Å². The maximum absolute atomic E-state index is 15.1. The van der Waals surface area contributed by atoms with E-state index in [1.165, 1.54) is 12.1 Å². The lowest BCUT2D eigenvalue weighted by Gasteiger charge is -2.09. The third-order valence-corrected chi connectivity index (χ3v) is 5.04. The van der Waals surface area contributed by atoms with Crippen LogP contribution in [0.15, 0.2) is 42.5 Å². The summed E-state index contributed by atoms with van der Waals surface area (Å²) in [6.07, 6.45) is 1.22. The highest BCUT2D eigenvalue weighted by Crippen LogP contribution is 2.39. The second-order valence-corrected chi connectivity index (χ2v) is 6.74. The minimum Gasteiger partial charge on any atom is -0.423 e. The first-order valence-electron chi connectivity index (χ1n) is 8.97. The minimum atomic E-state index is -1.16. The molecular weight excluding hydrogens is 379 g/mol. The van der Waals surface area contributed by atoms with E-state index in [2.05, 4.69) is 0 Å². The Morgan fingerprint density at radius 3 is 2.41 bits per heavy atom. The molecule has 144 valence electrons. The highest BCUT2D eigenvalue weighted by atomic mass is 19.1. The van der Waals surface area contributed by atoms with Crippen molar-refractivity contribution in [1.29, 1.82) is 5.26 Å². The van der Waals surface area contributed by atoms with Gasteiger partial charge >= 0.3 is 5.97 Å². The van der Waals surface area contributed by atoms with Gasteiger partial charge in [-0.05, 0) is 34.7 Å². The van der Waals surface area contributed by atoms with Gasteiger partial charge in [0.2, 0.25) is 0 Å². The van der Waals surface area contributed by atoms with E-state index < -0.39 is 34.7 Å². The standard InChI is InChI=1S/C23H14F3NO2/c1-2-12-3-4-15-13(7-12)8-18-16(15)5-6-17(22(18)26)23(28)29-14-9-20(24)19(11-27)21(25)10-14/h3-7,9-10H,2,8H2,1H3. The number of fused-ring (bicyclic) bond motifs is 3. The Morgan fingerprint density at radius 2 is 1.76 bits per heavy atom. The van der Waals surface area contributed by atoms with Crippen LogP contribution in [-0.2, 0) is 12.8 Å². The maximum Gasteiger partial charge on any atom is 0.346 e. The van der Waals surface area contributed by atoms with Crippen LogP contribution in [0.5, 0.6) is 5.75 Å². The second-order valence-electron chi connectivity index (χ2n) is 6.74. The Labute approximate surface area is 165 Å². The summed E-state index contributed by atoms with van der Waals surface area (Å²) in [7, 11) is 0. The molecule has 0 saturated carbocycles. The minimum absolute atomic E-state index is 0.322. The van der Waals surface area contributed by atoms with Crippen LogP contribution in [0.2, 0.25) is 0 Å². The van der Waals surface area contributed by atoms with Crippen molar-refractivity contribution in [3.8, 4) is 22.9 Å². The van der Waals surface area contributed by atoms with Crippen LogP contribution in [0, 0.1) is 28.8 Å². The molecule has 1 aliphatic rings. The van der Waals surface area contributed by atoms with Crippen LogP contribution < -0.4 is 4.74 Å². The summed E-state index contributed by atoms with van der Waals surface area (Å²) < 4.78 is 47.4. The zero-order chi connectivity index (χ0) is 20.7. The third kappa shape index (κ3) is 3.15. The van der Waals surface area contributed by atoms with Crippen molar-refractivity contribution in [1.82, 2.24) is 0 Å². The fourth-order valence-corrected chi connectivity index (χ4v) is 3.55. The van der Waals surface area contributed by atoms with Crippen LogP contribution in [0.4, 0.5) is 13.2 Å². The first-order chi connectivity index (χ1) is 13.9. The zero-order valence-corrected chi connectivity index (χ0v) is 15.4. The number of hydrogen-bond acceptors (Lipinski definition) is 3. The smallest absolute Gasteiger partial charge is 0.346 e. The van der Waals surface area contributed by atoms with Crippen LogP contribution in [0.1, 0.15) is 39.5 Å². The average Bonchev–Trinajstić information content (AvgIpc) is 3.06. The molecule has 0 aliphatic heterocycles. The fourth-order valence-electron chi connectivity index (χ4n) is 3.55. The molecule has 4 rings (SSSR count). The van der Waals surface area contributed by atoms with E-state index in [0.717, 1.165) is 23.1 Å². The molecule has 0 saturated heterocycles. The predicted molar refractivity (Wildman–Crippen MR) is 100 cm³/mol. The first kappa shape index (κ1) is 18.8. The summed E-state index contributed by atoms with van der Waals surface area (Å²) in [6, 6.07) is 11.7. The number of carbonyl (C=O) groups is 1. The van der Waals surface area contributed by atoms with Gasteiger partial charge < -0.3 is 4.74 Å². The molecule has 0 N–H and O–H groups in total. The van der Waals surface area contributed by atoms with Crippen LogP contribution in [0.3, 0.4) is 0 Å². The van der Waals surface area contributed by atoms with Gasteiger partial charge in [-0.3, -0.25) is 0 Å². The van der Waals surface area contributed by atoms with E-state index in [-0.39, 0.29) is 5.56 Å². The van der Waals surface area contributed by atoms with Crippen molar-refractivity contribution in [3.05, 3.63) is 87.7 Å². The molecule has 3 aromatic carbocycles. The second kappa shape index (κ2) is 7.10. The summed E-state index contributed by atoms with van der Waals surface area (Å²) in [6.45, 7) is 2.04. The molecule has 0 amide bonds. The lowest BCUT2D eigenvalue weighted by molar-refractivity contribution is 0.0729. The summed E-state index contributed by atoms with van der Waals surface area (Å²) in [4.78, 5) is 12.4. The molecule has 1 aliphatic carbocycles. The Bertz CT molecular complexity index is 1190. The molecule has 29 heavy (non-hydrogen) atoms. The molecule has 0 spiro atoms. The monoisotopic (exact) mass is 393 g/mol. The van der Waals surface area contributed by atoms with Crippen molar-refractivity contribution >= 4 is 5.97 Å². The van der Waals surface area contributed by atoms with Gasteiger partial charge in [-0.2, -0.15) is 5.26 Å². The Kier molecular flexibility index (Phi) is 4.59. The number of benzene rings is 3. The van der Waals surface area contributed by atoms with Crippen molar-refractivity contribution in [2.24, 2.45) is 0 Å².